The Bertz CT molecular complexity index is 162. The summed E-state index contributed by atoms with van der Waals surface area (Å²) in [5.74, 6) is 0. The smallest absolute Gasteiger partial charge is 0.186 e. The van der Waals surface area contributed by atoms with Crippen LogP contribution in [0.2, 0.25) is 0 Å². The molecule has 0 saturated carbocycles. The van der Waals surface area contributed by atoms with E-state index in [1.165, 1.54) is 0 Å². The van der Waals surface area contributed by atoms with Gasteiger partial charge in [-0.15, -0.1) is 0 Å². The molecule has 0 spiro atoms. The van der Waals surface area contributed by atoms with Crippen molar-refractivity contribution < 1.29 is 24.8 Å². The molecule has 0 aliphatic carbocycles. The quantitative estimate of drug-likeness (QED) is 0.377. The molecule has 0 amide bonds. The number of fused-ring (bicyclic) bond motifs is 3. The largest absolute Gasteiger partial charge is 0.387 e. The highest BCUT2D eigenvalue weighted by molar-refractivity contribution is 4.99. The van der Waals surface area contributed by atoms with E-state index in [-0.39, 0.29) is 13.2 Å². The molecule has 3 rings (SSSR count). The van der Waals surface area contributed by atoms with Crippen molar-refractivity contribution in [1.82, 2.24) is 0 Å². The molecule has 5 heteroatoms. The van der Waals surface area contributed by atoms with Crippen LogP contribution in [-0.4, -0.2) is 52.6 Å². The summed E-state index contributed by atoms with van der Waals surface area (Å²) in [6.07, 6.45) is -3.07. The average Bonchev–Trinajstić information content (AvgIpc) is 2.01. The molecule has 3 fully saturated rings. The van der Waals surface area contributed by atoms with Crippen LogP contribution in [0.3, 0.4) is 0 Å². The number of hydrogen-bond acceptors (Lipinski definition) is 5. The SMILES string of the molecule is O[C@@H]1[C@@H](O)C2OCC1(O)CO2. The van der Waals surface area contributed by atoms with E-state index in [1.807, 2.05) is 0 Å². The normalized spacial score (nSPS) is 56.5. The van der Waals surface area contributed by atoms with Crippen molar-refractivity contribution in [1.29, 1.82) is 0 Å². The molecule has 3 aliphatic heterocycles. The summed E-state index contributed by atoms with van der Waals surface area (Å²) >= 11 is 0. The highest BCUT2D eigenvalue weighted by atomic mass is 16.7. The maximum atomic E-state index is 9.50. The van der Waals surface area contributed by atoms with Crippen LogP contribution >= 0.6 is 0 Å². The molecule has 0 aromatic carbocycles. The molecule has 64 valence electrons. The van der Waals surface area contributed by atoms with Gasteiger partial charge in [-0.05, 0) is 0 Å². The molecule has 5 nitrogen and oxygen atoms in total. The van der Waals surface area contributed by atoms with E-state index in [4.69, 9.17) is 9.47 Å². The third-order valence-corrected chi connectivity index (χ3v) is 2.15. The third kappa shape index (κ3) is 0.896. The van der Waals surface area contributed by atoms with Gasteiger partial charge in [0.1, 0.15) is 17.8 Å². The maximum Gasteiger partial charge on any atom is 0.186 e. The highest BCUT2D eigenvalue weighted by Crippen LogP contribution is 2.30. The topological polar surface area (TPSA) is 79.2 Å². The van der Waals surface area contributed by atoms with Crippen molar-refractivity contribution in [3.8, 4) is 0 Å². The lowest BCUT2D eigenvalue weighted by atomic mass is 9.89. The first-order chi connectivity index (χ1) is 5.13. The van der Waals surface area contributed by atoms with Crippen molar-refractivity contribution in [3.05, 3.63) is 0 Å². The molecule has 11 heavy (non-hydrogen) atoms. The molecule has 2 atom stereocenters. The van der Waals surface area contributed by atoms with Gasteiger partial charge in [-0.2, -0.15) is 0 Å². The average molecular weight is 162 g/mol. The zero-order chi connectivity index (χ0) is 8.06. The van der Waals surface area contributed by atoms with Gasteiger partial charge < -0.3 is 24.8 Å². The summed E-state index contributed by atoms with van der Waals surface area (Å²) in [4.78, 5) is 0. The van der Waals surface area contributed by atoms with Crippen molar-refractivity contribution >= 4 is 0 Å². The van der Waals surface area contributed by atoms with Gasteiger partial charge in [0.2, 0.25) is 0 Å². The monoisotopic (exact) mass is 162 g/mol. The summed E-state index contributed by atoms with van der Waals surface area (Å²) in [6, 6.07) is 0. The Balaban J connectivity index is 2.23. The van der Waals surface area contributed by atoms with Crippen LogP contribution in [0.5, 0.6) is 0 Å². The molecular weight excluding hydrogens is 152 g/mol. The Labute approximate surface area is 63.2 Å². The van der Waals surface area contributed by atoms with Gasteiger partial charge in [0.05, 0.1) is 13.2 Å². The number of ether oxygens (including phenoxy) is 2. The Hall–Kier alpha value is -0.200. The minimum absolute atomic E-state index is 0.0237. The van der Waals surface area contributed by atoms with Gasteiger partial charge in [-0.3, -0.25) is 0 Å². The van der Waals surface area contributed by atoms with E-state index in [0.29, 0.717) is 0 Å². The molecule has 0 radical (unpaired) electrons. The molecule has 3 N–H and O–H groups in total. The van der Waals surface area contributed by atoms with E-state index in [1.54, 1.807) is 0 Å². The number of rotatable bonds is 0. The van der Waals surface area contributed by atoms with Crippen LogP contribution in [0.15, 0.2) is 0 Å². The predicted octanol–water partition coefficient (Wildman–Crippen LogP) is -2.17. The Kier molecular flexibility index (Phi) is 1.45. The minimum atomic E-state index is -1.42. The van der Waals surface area contributed by atoms with Crippen LogP contribution in [0.4, 0.5) is 0 Å². The summed E-state index contributed by atoms with van der Waals surface area (Å²) in [5.41, 5.74) is -1.42. The van der Waals surface area contributed by atoms with E-state index >= 15 is 0 Å². The number of hydrogen-bond donors (Lipinski definition) is 3. The van der Waals surface area contributed by atoms with E-state index in [9.17, 15) is 15.3 Å². The Morgan fingerprint density at radius 3 is 2.09 bits per heavy atom. The third-order valence-electron chi connectivity index (χ3n) is 2.15. The van der Waals surface area contributed by atoms with Gasteiger partial charge >= 0.3 is 0 Å². The molecule has 0 unspecified atom stereocenters. The van der Waals surface area contributed by atoms with Gasteiger partial charge in [0.15, 0.2) is 6.29 Å². The van der Waals surface area contributed by atoms with E-state index < -0.39 is 24.1 Å². The molecule has 3 saturated heterocycles. The van der Waals surface area contributed by atoms with Crippen molar-refractivity contribution in [2.24, 2.45) is 0 Å². The van der Waals surface area contributed by atoms with Crippen LogP contribution in [0.25, 0.3) is 0 Å². The van der Waals surface area contributed by atoms with Gasteiger partial charge in [0.25, 0.3) is 0 Å². The lowest BCUT2D eigenvalue weighted by molar-refractivity contribution is -0.361. The van der Waals surface area contributed by atoms with E-state index in [2.05, 4.69) is 0 Å². The summed E-state index contributed by atoms with van der Waals surface area (Å²) < 4.78 is 9.76. The predicted molar refractivity (Wildman–Crippen MR) is 32.7 cm³/mol. The second kappa shape index (κ2) is 2.15. The van der Waals surface area contributed by atoms with Crippen molar-refractivity contribution in [2.75, 3.05) is 13.2 Å². The summed E-state index contributed by atoms with van der Waals surface area (Å²) in [5, 5.41) is 27.9. The molecule has 3 heterocycles. The molecule has 0 aromatic heterocycles. The lowest BCUT2D eigenvalue weighted by Crippen LogP contribution is -2.68. The second-order valence-electron chi connectivity index (χ2n) is 3.03. The maximum absolute atomic E-state index is 9.50. The number of aliphatic hydroxyl groups excluding tert-OH is 2. The standard InChI is InChI=1S/C6H10O5/c7-3-4(8)6(9)1-10-5(3)11-2-6/h3-5,7-9H,1-2H2/t3-,4-,5?,6?/m1/s1. The first-order valence-electron chi connectivity index (χ1n) is 3.45. The molecule has 3 aliphatic rings. The van der Waals surface area contributed by atoms with Crippen LogP contribution < -0.4 is 0 Å². The second-order valence-corrected chi connectivity index (χ2v) is 3.03. The summed E-state index contributed by atoms with van der Waals surface area (Å²) in [7, 11) is 0. The molecule has 2 bridgehead atoms. The fourth-order valence-corrected chi connectivity index (χ4v) is 1.38. The van der Waals surface area contributed by atoms with Crippen LogP contribution in [0.1, 0.15) is 0 Å². The van der Waals surface area contributed by atoms with Crippen LogP contribution in [-0.2, 0) is 9.47 Å². The highest BCUT2D eigenvalue weighted by Gasteiger charge is 2.53. The number of aliphatic hydroxyl groups is 3. The van der Waals surface area contributed by atoms with Gasteiger partial charge in [-0.1, -0.05) is 0 Å². The molecular formula is C6H10O5. The summed E-state index contributed by atoms with van der Waals surface area (Å²) in [6.45, 7) is 0.0474. The Morgan fingerprint density at radius 2 is 1.73 bits per heavy atom. The fraction of sp³-hybridized carbons (Fsp3) is 1.00. The van der Waals surface area contributed by atoms with Crippen molar-refractivity contribution in [2.45, 2.75) is 24.1 Å². The minimum Gasteiger partial charge on any atom is -0.387 e. The zero-order valence-electron chi connectivity index (χ0n) is 5.80. The first-order valence-corrected chi connectivity index (χ1v) is 3.45. The zero-order valence-corrected chi connectivity index (χ0v) is 5.80. The van der Waals surface area contributed by atoms with E-state index in [0.717, 1.165) is 0 Å². The van der Waals surface area contributed by atoms with Crippen LogP contribution in [0, 0.1) is 0 Å². The fourth-order valence-electron chi connectivity index (χ4n) is 1.38. The Morgan fingerprint density at radius 1 is 1.18 bits per heavy atom. The van der Waals surface area contributed by atoms with Gasteiger partial charge in [-0.25, -0.2) is 0 Å². The lowest BCUT2D eigenvalue weighted by Gasteiger charge is -2.48. The first kappa shape index (κ1) is 7.45. The molecule has 0 aromatic rings. The van der Waals surface area contributed by atoms with Gasteiger partial charge in [0, 0.05) is 0 Å². The van der Waals surface area contributed by atoms with Crippen molar-refractivity contribution in [3.63, 3.8) is 0 Å².